The predicted molar refractivity (Wildman–Crippen MR) is 115 cm³/mol. The van der Waals surface area contributed by atoms with Crippen molar-refractivity contribution in [1.29, 1.82) is 0 Å². The number of para-hydroxylation sites is 1. The first kappa shape index (κ1) is 20.9. The first-order chi connectivity index (χ1) is 14.1. The number of H-pyrrole nitrogens is 1. The molecule has 0 radical (unpaired) electrons. The van der Waals surface area contributed by atoms with Gasteiger partial charge < -0.3 is 15.0 Å². The van der Waals surface area contributed by atoms with Gasteiger partial charge in [0, 0.05) is 35.8 Å². The fraction of sp³-hybridized carbons (Fsp3) is 0.333. The number of carbonyl (C=O) groups excluding carboxylic acids is 1. The molecule has 29 heavy (non-hydrogen) atoms. The Balaban J connectivity index is 1.41. The highest BCUT2D eigenvalue weighted by molar-refractivity contribution is 7.98. The molecule has 2 N–H and O–H groups in total. The van der Waals surface area contributed by atoms with Gasteiger partial charge in [-0.05, 0) is 38.2 Å². The second-order valence-corrected chi connectivity index (χ2v) is 7.32. The van der Waals surface area contributed by atoms with Crippen LogP contribution in [0.4, 0.5) is 0 Å². The molecule has 3 aromatic rings. The number of nitrogens with one attached hydrogen (secondary N) is 2. The average Bonchev–Trinajstić information content (AvgIpc) is 2.72. The van der Waals surface area contributed by atoms with Gasteiger partial charge in [-0.1, -0.05) is 30.0 Å². The summed E-state index contributed by atoms with van der Waals surface area (Å²) < 4.78 is 5.81. The molecule has 0 fully saturated rings. The van der Waals surface area contributed by atoms with Crippen molar-refractivity contribution in [2.75, 3.05) is 19.4 Å². The zero-order valence-electron chi connectivity index (χ0n) is 16.5. The number of aromatic nitrogens is 3. The zero-order valence-corrected chi connectivity index (χ0v) is 17.3. The number of aryl methyl sites for hydroxylation is 1. The molecule has 0 saturated carbocycles. The first-order valence-electron chi connectivity index (χ1n) is 9.45. The molecule has 0 spiro atoms. The van der Waals surface area contributed by atoms with Gasteiger partial charge in [0.05, 0.1) is 6.61 Å². The molecule has 7 nitrogen and oxygen atoms in total. The van der Waals surface area contributed by atoms with E-state index in [1.165, 1.54) is 11.8 Å². The van der Waals surface area contributed by atoms with Crippen molar-refractivity contribution in [2.24, 2.45) is 0 Å². The molecule has 2 heterocycles. The highest BCUT2D eigenvalue weighted by Gasteiger charge is 2.10. The summed E-state index contributed by atoms with van der Waals surface area (Å²) in [6.45, 7) is 2.78. The summed E-state index contributed by atoms with van der Waals surface area (Å²) in [6, 6.07) is 9.71. The number of nitrogens with zero attached hydrogens (tertiary/aromatic N) is 2. The molecule has 0 aliphatic rings. The molecule has 0 unspecified atom stereocenters. The van der Waals surface area contributed by atoms with Crippen molar-refractivity contribution in [3.8, 4) is 5.75 Å². The third-order valence-electron chi connectivity index (χ3n) is 4.49. The maximum absolute atomic E-state index is 12.1. The number of hydrogen-bond donors (Lipinski definition) is 2. The van der Waals surface area contributed by atoms with Crippen LogP contribution in [0.15, 0.2) is 46.5 Å². The number of ether oxygens (including phenoxy) is 1. The van der Waals surface area contributed by atoms with Gasteiger partial charge in [0.25, 0.3) is 5.56 Å². The van der Waals surface area contributed by atoms with E-state index < -0.39 is 0 Å². The summed E-state index contributed by atoms with van der Waals surface area (Å²) in [5.41, 5.74) is 1.89. The van der Waals surface area contributed by atoms with Gasteiger partial charge in [0.2, 0.25) is 5.91 Å². The van der Waals surface area contributed by atoms with E-state index in [0.29, 0.717) is 42.4 Å². The molecule has 2 aromatic heterocycles. The number of fused-ring (bicyclic) bond motifs is 1. The van der Waals surface area contributed by atoms with Crippen molar-refractivity contribution in [1.82, 2.24) is 20.3 Å². The molecule has 0 bridgehead atoms. The monoisotopic (exact) mass is 412 g/mol. The third kappa shape index (κ3) is 5.57. The lowest BCUT2D eigenvalue weighted by molar-refractivity contribution is -0.121. The average molecular weight is 413 g/mol. The lowest BCUT2D eigenvalue weighted by Gasteiger charge is -2.09. The first-order valence-corrected chi connectivity index (χ1v) is 10.7. The van der Waals surface area contributed by atoms with Crippen molar-refractivity contribution in [3.05, 3.63) is 58.1 Å². The molecule has 8 heteroatoms. The van der Waals surface area contributed by atoms with E-state index in [1.807, 2.05) is 36.6 Å². The number of aromatic amines is 1. The van der Waals surface area contributed by atoms with Gasteiger partial charge in [0.15, 0.2) is 5.16 Å². The van der Waals surface area contributed by atoms with Crippen LogP contribution in [0.25, 0.3) is 10.9 Å². The summed E-state index contributed by atoms with van der Waals surface area (Å²) in [4.78, 5) is 35.6. The Labute approximate surface area is 173 Å². The van der Waals surface area contributed by atoms with E-state index in [9.17, 15) is 9.59 Å². The van der Waals surface area contributed by atoms with E-state index in [4.69, 9.17) is 4.74 Å². The fourth-order valence-corrected chi connectivity index (χ4v) is 3.40. The Morgan fingerprint density at radius 3 is 2.90 bits per heavy atom. The Morgan fingerprint density at radius 1 is 1.28 bits per heavy atom. The normalized spacial score (nSPS) is 10.8. The number of rotatable bonds is 9. The Bertz CT molecular complexity index is 1050. The summed E-state index contributed by atoms with van der Waals surface area (Å²) in [7, 11) is 0. The van der Waals surface area contributed by atoms with Gasteiger partial charge >= 0.3 is 0 Å². The standard InChI is InChI=1S/C21H24N4O3S/c1-14-16(20(27)25-21(24-14)29-2)9-10-18(26)22-12-5-13-28-17-8-3-6-15-7-4-11-23-19(15)17/h3-4,6-8,11H,5,9-10,12-13H2,1-2H3,(H,22,26)(H,24,25,27). The molecule has 0 atom stereocenters. The van der Waals surface area contributed by atoms with Crippen LogP contribution in [0.3, 0.4) is 0 Å². The van der Waals surface area contributed by atoms with Gasteiger partial charge in [-0.25, -0.2) is 4.98 Å². The minimum Gasteiger partial charge on any atom is -0.491 e. The molecule has 152 valence electrons. The van der Waals surface area contributed by atoms with E-state index >= 15 is 0 Å². The second-order valence-electron chi connectivity index (χ2n) is 6.52. The van der Waals surface area contributed by atoms with Gasteiger partial charge in [-0.3, -0.25) is 14.6 Å². The lowest BCUT2D eigenvalue weighted by Crippen LogP contribution is -2.27. The number of benzene rings is 1. The maximum Gasteiger partial charge on any atom is 0.254 e. The fourth-order valence-electron chi connectivity index (χ4n) is 2.98. The minimum atomic E-state index is -0.174. The molecule has 0 saturated heterocycles. The minimum absolute atomic E-state index is 0.0930. The van der Waals surface area contributed by atoms with Crippen molar-refractivity contribution >= 4 is 28.6 Å². The van der Waals surface area contributed by atoms with Crippen molar-refractivity contribution < 1.29 is 9.53 Å². The van der Waals surface area contributed by atoms with Crippen LogP contribution in [-0.4, -0.2) is 40.3 Å². The predicted octanol–water partition coefficient (Wildman–Crippen LogP) is 2.87. The van der Waals surface area contributed by atoms with E-state index in [1.54, 1.807) is 13.1 Å². The quantitative estimate of drug-likeness (QED) is 0.319. The Hall–Kier alpha value is -2.87. The van der Waals surface area contributed by atoms with Crippen LogP contribution in [0.1, 0.15) is 24.1 Å². The van der Waals surface area contributed by atoms with Crippen LogP contribution in [0.2, 0.25) is 0 Å². The lowest BCUT2D eigenvalue weighted by atomic mass is 10.1. The molecule has 1 amide bonds. The summed E-state index contributed by atoms with van der Waals surface area (Å²) in [5.74, 6) is 0.648. The number of thioether (sulfide) groups is 1. The smallest absolute Gasteiger partial charge is 0.254 e. The van der Waals surface area contributed by atoms with E-state index in [-0.39, 0.29) is 17.9 Å². The van der Waals surface area contributed by atoms with Crippen LogP contribution < -0.4 is 15.6 Å². The molecular weight excluding hydrogens is 388 g/mol. The van der Waals surface area contributed by atoms with Crippen molar-refractivity contribution in [2.45, 2.75) is 31.3 Å². The van der Waals surface area contributed by atoms with Gasteiger partial charge in [-0.2, -0.15) is 0 Å². The maximum atomic E-state index is 12.1. The molecule has 0 aliphatic carbocycles. The van der Waals surface area contributed by atoms with Gasteiger partial charge in [-0.15, -0.1) is 0 Å². The Morgan fingerprint density at radius 2 is 2.10 bits per heavy atom. The number of amides is 1. The molecule has 3 rings (SSSR count). The summed E-state index contributed by atoms with van der Waals surface area (Å²) in [6.07, 6.45) is 4.89. The number of pyridine rings is 1. The van der Waals surface area contributed by atoms with E-state index in [0.717, 1.165) is 16.7 Å². The van der Waals surface area contributed by atoms with Crippen LogP contribution in [-0.2, 0) is 11.2 Å². The summed E-state index contributed by atoms with van der Waals surface area (Å²) in [5, 5.41) is 4.48. The highest BCUT2D eigenvalue weighted by Crippen LogP contribution is 2.22. The van der Waals surface area contributed by atoms with E-state index in [2.05, 4.69) is 20.3 Å². The van der Waals surface area contributed by atoms with Gasteiger partial charge in [0.1, 0.15) is 11.3 Å². The summed E-state index contributed by atoms with van der Waals surface area (Å²) >= 11 is 1.38. The highest BCUT2D eigenvalue weighted by atomic mass is 32.2. The molecule has 1 aromatic carbocycles. The largest absolute Gasteiger partial charge is 0.491 e. The second kappa shape index (κ2) is 10.1. The number of carbonyl (C=O) groups is 1. The van der Waals surface area contributed by atoms with Crippen molar-refractivity contribution in [3.63, 3.8) is 0 Å². The molecule has 0 aliphatic heterocycles. The van der Waals surface area contributed by atoms with Crippen LogP contribution >= 0.6 is 11.8 Å². The zero-order chi connectivity index (χ0) is 20.6. The topological polar surface area (TPSA) is 97.0 Å². The SMILES string of the molecule is CSc1nc(C)c(CCC(=O)NCCCOc2cccc3cccnc23)c(=O)[nH]1. The number of hydrogen-bond acceptors (Lipinski definition) is 6. The van der Waals surface area contributed by atoms with Crippen LogP contribution in [0.5, 0.6) is 5.75 Å². The molecular formula is C21H24N4O3S. The van der Waals surface area contributed by atoms with Crippen LogP contribution in [0, 0.1) is 6.92 Å². The Kier molecular flexibility index (Phi) is 7.24. The third-order valence-corrected chi connectivity index (χ3v) is 5.07.